The van der Waals surface area contributed by atoms with E-state index in [0.717, 1.165) is 19.9 Å². The molecule has 0 aliphatic carbocycles. The Bertz CT molecular complexity index is 1190. The monoisotopic (exact) mass is 508 g/mol. The summed E-state index contributed by atoms with van der Waals surface area (Å²) in [5.41, 5.74) is -1.61. The number of phenolic OH excluding ortho intramolecular Hbond substituents is 1. The van der Waals surface area contributed by atoms with Gasteiger partial charge in [0, 0.05) is 11.1 Å². The van der Waals surface area contributed by atoms with Crippen molar-refractivity contribution in [1.82, 2.24) is 10.2 Å². The number of carbonyl (C=O) groups excluding carboxylic acids is 2. The number of nitrogens with zero attached hydrogens (tertiary/aromatic N) is 1. The fourth-order valence-corrected chi connectivity index (χ4v) is 4.36. The van der Waals surface area contributed by atoms with Gasteiger partial charge >= 0.3 is 5.97 Å². The molecule has 8 nitrogen and oxygen atoms in total. The second-order valence-electron chi connectivity index (χ2n) is 9.44. The maximum absolute atomic E-state index is 14.6. The summed E-state index contributed by atoms with van der Waals surface area (Å²) in [6.07, 6.45) is -2.42. The molecule has 4 N–H and O–H groups in total. The Morgan fingerprint density at radius 2 is 1.81 bits per heavy atom. The second-order valence-corrected chi connectivity index (χ2v) is 9.44. The molecule has 1 fully saturated rings. The summed E-state index contributed by atoms with van der Waals surface area (Å²) >= 11 is 0. The van der Waals surface area contributed by atoms with E-state index in [1.54, 1.807) is 0 Å². The number of phenols is 1. The average Bonchev–Trinajstić information content (AvgIpc) is 2.98. The van der Waals surface area contributed by atoms with Gasteiger partial charge in [-0.2, -0.15) is 0 Å². The molecule has 36 heavy (non-hydrogen) atoms. The van der Waals surface area contributed by atoms with Gasteiger partial charge < -0.3 is 25.5 Å². The number of carboxylic acid groups (broad SMARTS) is 1. The molecule has 0 bridgehead atoms. The second kappa shape index (κ2) is 9.81. The number of carbonyl (C=O) groups is 3. The summed E-state index contributed by atoms with van der Waals surface area (Å²) in [4.78, 5) is 38.4. The smallest absolute Gasteiger partial charge is 0.327 e. The van der Waals surface area contributed by atoms with Gasteiger partial charge in [0.05, 0.1) is 18.0 Å². The summed E-state index contributed by atoms with van der Waals surface area (Å²) < 4.78 is 43.0. The number of halogens is 3. The number of aliphatic hydroxyl groups is 1. The summed E-state index contributed by atoms with van der Waals surface area (Å²) in [7, 11) is 0. The number of alkyl halides is 2. The van der Waals surface area contributed by atoms with E-state index in [4.69, 9.17) is 0 Å². The highest BCUT2D eigenvalue weighted by Gasteiger charge is 2.65. The number of aromatic hydroxyl groups is 1. The Labute approximate surface area is 205 Å². The number of rotatable bonds is 7. The number of nitrogens with one attached hydrogen (secondary N) is 1. The maximum atomic E-state index is 14.6. The molecular formula is C25H27F3N2O6. The molecule has 1 aliphatic rings. The first kappa shape index (κ1) is 27.0. The quantitative estimate of drug-likeness (QED) is 0.455. The van der Waals surface area contributed by atoms with Gasteiger partial charge in [-0.3, -0.25) is 9.59 Å². The van der Waals surface area contributed by atoms with Gasteiger partial charge in [0.25, 0.3) is 17.7 Å². The third-order valence-electron chi connectivity index (χ3n) is 6.67. The molecule has 2 aromatic rings. The Morgan fingerprint density at radius 1 is 1.17 bits per heavy atom. The predicted octanol–water partition coefficient (Wildman–Crippen LogP) is 2.50. The molecule has 2 amide bonds. The minimum absolute atomic E-state index is 0.0242. The van der Waals surface area contributed by atoms with E-state index in [1.165, 1.54) is 43.3 Å². The normalized spacial score (nSPS) is 20.0. The van der Waals surface area contributed by atoms with E-state index in [-0.39, 0.29) is 28.9 Å². The highest BCUT2D eigenvalue weighted by Crippen LogP contribution is 2.48. The van der Waals surface area contributed by atoms with E-state index in [0.29, 0.717) is 4.90 Å². The lowest BCUT2D eigenvalue weighted by molar-refractivity contribution is -0.156. The van der Waals surface area contributed by atoms with E-state index < -0.39 is 59.7 Å². The highest BCUT2D eigenvalue weighted by molar-refractivity contribution is 5.97. The molecule has 1 unspecified atom stereocenters. The molecule has 194 valence electrons. The zero-order valence-corrected chi connectivity index (χ0v) is 19.8. The van der Waals surface area contributed by atoms with Crippen LogP contribution in [0.25, 0.3) is 0 Å². The van der Waals surface area contributed by atoms with Gasteiger partial charge in [0.1, 0.15) is 17.6 Å². The maximum Gasteiger partial charge on any atom is 0.327 e. The van der Waals surface area contributed by atoms with Gasteiger partial charge in [0.2, 0.25) is 0 Å². The molecular weight excluding hydrogens is 481 g/mol. The average molecular weight is 508 g/mol. The molecule has 1 heterocycles. The molecule has 3 rings (SSSR count). The molecule has 11 heteroatoms. The minimum atomic E-state index is -3.56. The highest BCUT2D eigenvalue weighted by atomic mass is 19.3. The van der Waals surface area contributed by atoms with Crippen molar-refractivity contribution in [1.29, 1.82) is 0 Å². The molecule has 1 saturated heterocycles. The third kappa shape index (κ3) is 5.01. The van der Waals surface area contributed by atoms with E-state index in [9.17, 15) is 42.9 Å². The minimum Gasteiger partial charge on any atom is -0.508 e. The largest absolute Gasteiger partial charge is 0.508 e. The number of benzene rings is 2. The van der Waals surface area contributed by atoms with Gasteiger partial charge in [-0.15, -0.1) is 0 Å². The number of amides is 2. The zero-order valence-electron chi connectivity index (χ0n) is 19.8. The van der Waals surface area contributed by atoms with Gasteiger partial charge in [-0.1, -0.05) is 32.0 Å². The molecule has 0 radical (unpaired) electrons. The van der Waals surface area contributed by atoms with Crippen molar-refractivity contribution in [2.45, 2.75) is 51.3 Å². The topological polar surface area (TPSA) is 127 Å². The van der Waals surface area contributed by atoms with E-state index in [2.05, 4.69) is 5.32 Å². The van der Waals surface area contributed by atoms with Gasteiger partial charge in [0.15, 0.2) is 6.10 Å². The molecule has 0 spiro atoms. The Morgan fingerprint density at radius 3 is 2.42 bits per heavy atom. The standard InChI is InChI=1S/C25H27F3N2O6/c1-13-16(8-5-9-18(13)31)21(33)29-17(11-14-6-4-7-15(26)10-14)19(32)22(34)30-12-25(27,28)24(2,3)20(30)23(35)36/h4-10,17,19-20,31-32H,11-12H2,1-3H3,(H,29,33)(H,35,36)/t17-,19-,20?/m0/s1. The van der Waals surface area contributed by atoms with Crippen molar-refractivity contribution < 1.29 is 42.9 Å². The van der Waals surface area contributed by atoms with Gasteiger partial charge in [-0.25, -0.2) is 18.0 Å². The van der Waals surface area contributed by atoms with Crippen LogP contribution in [0.1, 0.15) is 35.3 Å². The number of hydrogen-bond acceptors (Lipinski definition) is 5. The van der Waals surface area contributed by atoms with Crippen LogP contribution in [0, 0.1) is 18.2 Å². The van der Waals surface area contributed by atoms with E-state index >= 15 is 0 Å². The van der Waals surface area contributed by atoms with Crippen LogP contribution in [0.3, 0.4) is 0 Å². The lowest BCUT2D eigenvalue weighted by Crippen LogP contribution is -2.56. The summed E-state index contributed by atoms with van der Waals surface area (Å²) in [5, 5.41) is 32.9. The fraction of sp³-hybridized carbons (Fsp3) is 0.400. The van der Waals surface area contributed by atoms with Crippen molar-refractivity contribution in [3.8, 4) is 5.75 Å². The molecule has 2 aromatic carbocycles. The molecule has 1 aliphatic heterocycles. The lowest BCUT2D eigenvalue weighted by Gasteiger charge is -2.32. The van der Waals surface area contributed by atoms with Crippen LogP contribution in [0.5, 0.6) is 5.75 Å². The number of likely N-dealkylation sites (tertiary alicyclic amines) is 1. The van der Waals surface area contributed by atoms with Crippen molar-refractivity contribution in [2.24, 2.45) is 5.41 Å². The van der Waals surface area contributed by atoms with Crippen LogP contribution in [-0.4, -0.2) is 68.7 Å². The third-order valence-corrected chi connectivity index (χ3v) is 6.67. The van der Waals surface area contributed by atoms with Crippen molar-refractivity contribution in [3.05, 3.63) is 65.0 Å². The van der Waals surface area contributed by atoms with Crippen molar-refractivity contribution >= 4 is 17.8 Å². The molecule has 0 saturated carbocycles. The summed E-state index contributed by atoms with van der Waals surface area (Å²) in [5.74, 6) is -8.13. The SMILES string of the molecule is Cc1c(O)cccc1C(=O)N[C@@H](Cc1cccc(F)c1)[C@H](O)C(=O)N1CC(F)(F)C(C)(C)C1C(=O)O. The first-order valence-corrected chi connectivity index (χ1v) is 11.1. The first-order valence-electron chi connectivity index (χ1n) is 11.1. The van der Waals surface area contributed by atoms with Crippen LogP contribution >= 0.6 is 0 Å². The number of hydrogen-bond donors (Lipinski definition) is 4. The number of aliphatic hydroxyl groups excluding tert-OH is 1. The van der Waals surface area contributed by atoms with E-state index in [1.807, 2.05) is 0 Å². The van der Waals surface area contributed by atoms with Crippen LogP contribution in [0.2, 0.25) is 0 Å². The van der Waals surface area contributed by atoms with Crippen LogP contribution in [0.15, 0.2) is 42.5 Å². The first-order chi connectivity index (χ1) is 16.7. The number of aliphatic carboxylic acids is 1. The Kier molecular flexibility index (Phi) is 7.35. The summed E-state index contributed by atoms with van der Waals surface area (Å²) in [6.45, 7) is 2.27. The van der Waals surface area contributed by atoms with Crippen molar-refractivity contribution in [2.75, 3.05) is 6.54 Å². The van der Waals surface area contributed by atoms with Crippen LogP contribution in [0.4, 0.5) is 13.2 Å². The predicted molar refractivity (Wildman–Crippen MR) is 122 cm³/mol. The van der Waals surface area contributed by atoms with Crippen LogP contribution < -0.4 is 5.32 Å². The molecule has 0 aromatic heterocycles. The number of carboxylic acids is 1. The van der Waals surface area contributed by atoms with Crippen molar-refractivity contribution in [3.63, 3.8) is 0 Å². The van der Waals surface area contributed by atoms with Gasteiger partial charge in [-0.05, 0) is 43.2 Å². The summed E-state index contributed by atoms with van der Waals surface area (Å²) in [6, 6.07) is 5.91. The fourth-order valence-electron chi connectivity index (χ4n) is 4.36. The zero-order chi connectivity index (χ0) is 27.0. The Hall–Kier alpha value is -3.60. The Balaban J connectivity index is 1.95. The van der Waals surface area contributed by atoms with Crippen LogP contribution in [-0.2, 0) is 16.0 Å². The lowest BCUT2D eigenvalue weighted by atomic mass is 9.81. The molecule has 3 atom stereocenters.